The van der Waals surface area contributed by atoms with Crippen molar-refractivity contribution in [3.05, 3.63) is 30.0 Å². The van der Waals surface area contributed by atoms with Crippen LogP contribution in [-0.2, 0) is 20.2 Å². The van der Waals surface area contributed by atoms with Gasteiger partial charge in [0, 0.05) is 42.7 Å². The standard InChI is InChI=1S/C22H31N3O6S/c1-21(2,3)18-14-15-13-16(7-8-17(15)25(18)19(26)27)32(29,30)24-11-9-23(10-12-24)20(28)31-22(4,5)6/h7-8,13-14H,9-12H2,1-6H3,(H,26,27). The summed E-state index contributed by atoms with van der Waals surface area (Å²) in [6, 6.07) is 6.20. The van der Waals surface area contributed by atoms with Gasteiger partial charge in [0.15, 0.2) is 0 Å². The summed E-state index contributed by atoms with van der Waals surface area (Å²) >= 11 is 0. The number of rotatable bonds is 2. The molecule has 2 aromatic rings. The normalized spacial score (nSPS) is 16.4. The summed E-state index contributed by atoms with van der Waals surface area (Å²) in [6.45, 7) is 11.8. The molecule has 1 fully saturated rings. The molecule has 1 aliphatic rings. The molecule has 2 heterocycles. The molecule has 0 radical (unpaired) electrons. The highest BCUT2D eigenvalue weighted by atomic mass is 32.2. The summed E-state index contributed by atoms with van der Waals surface area (Å²) < 4.78 is 34.4. The lowest BCUT2D eigenvalue weighted by atomic mass is 9.92. The molecule has 1 aromatic carbocycles. The van der Waals surface area contributed by atoms with Gasteiger partial charge >= 0.3 is 12.2 Å². The number of ether oxygens (including phenoxy) is 1. The van der Waals surface area contributed by atoms with E-state index < -0.39 is 33.2 Å². The lowest BCUT2D eigenvalue weighted by molar-refractivity contribution is 0.0192. The quantitative estimate of drug-likeness (QED) is 0.724. The van der Waals surface area contributed by atoms with Crippen LogP contribution in [0, 0.1) is 0 Å². The Morgan fingerprint density at radius 3 is 2.06 bits per heavy atom. The largest absolute Gasteiger partial charge is 0.464 e. The summed E-state index contributed by atoms with van der Waals surface area (Å²) in [7, 11) is -3.80. The smallest absolute Gasteiger partial charge is 0.416 e. The second-order valence-electron chi connectivity index (χ2n) is 9.99. The predicted octanol–water partition coefficient (Wildman–Crippen LogP) is 3.71. The predicted molar refractivity (Wildman–Crippen MR) is 121 cm³/mol. The fourth-order valence-electron chi connectivity index (χ4n) is 3.70. The van der Waals surface area contributed by atoms with Gasteiger partial charge in [0.2, 0.25) is 10.0 Å². The summed E-state index contributed by atoms with van der Waals surface area (Å²) in [5.74, 6) is 0. The van der Waals surface area contributed by atoms with Crippen LogP contribution in [0.15, 0.2) is 29.2 Å². The monoisotopic (exact) mass is 465 g/mol. The van der Waals surface area contributed by atoms with Gasteiger partial charge in [-0.25, -0.2) is 22.6 Å². The fraction of sp³-hybridized carbons (Fsp3) is 0.545. The number of benzene rings is 1. The minimum absolute atomic E-state index is 0.0960. The number of carboxylic acid groups (broad SMARTS) is 1. The van der Waals surface area contributed by atoms with Crippen LogP contribution in [0.25, 0.3) is 10.9 Å². The van der Waals surface area contributed by atoms with Crippen LogP contribution < -0.4 is 0 Å². The van der Waals surface area contributed by atoms with Gasteiger partial charge in [-0.05, 0) is 45.0 Å². The van der Waals surface area contributed by atoms with Crippen LogP contribution in [0.5, 0.6) is 0 Å². The van der Waals surface area contributed by atoms with Crippen molar-refractivity contribution >= 4 is 33.1 Å². The average Bonchev–Trinajstić information content (AvgIpc) is 3.06. The number of sulfonamides is 1. The first-order valence-electron chi connectivity index (χ1n) is 10.5. The highest BCUT2D eigenvalue weighted by Gasteiger charge is 2.32. The van der Waals surface area contributed by atoms with Crippen molar-refractivity contribution in [2.75, 3.05) is 26.2 Å². The summed E-state index contributed by atoms with van der Waals surface area (Å²) in [5, 5.41) is 10.2. The fourth-order valence-corrected chi connectivity index (χ4v) is 5.16. The molecule has 0 bridgehead atoms. The van der Waals surface area contributed by atoms with Gasteiger partial charge in [-0.2, -0.15) is 4.31 Å². The van der Waals surface area contributed by atoms with E-state index in [1.165, 1.54) is 32.0 Å². The zero-order valence-corrected chi connectivity index (χ0v) is 20.2. The number of carbonyl (C=O) groups is 2. The highest BCUT2D eigenvalue weighted by molar-refractivity contribution is 7.89. The number of fused-ring (bicyclic) bond motifs is 1. The van der Waals surface area contributed by atoms with E-state index in [1.54, 1.807) is 26.8 Å². The number of piperazine rings is 1. The average molecular weight is 466 g/mol. The van der Waals surface area contributed by atoms with Crippen molar-refractivity contribution in [3.63, 3.8) is 0 Å². The van der Waals surface area contributed by atoms with E-state index in [-0.39, 0.29) is 31.1 Å². The molecule has 0 unspecified atom stereocenters. The van der Waals surface area contributed by atoms with Crippen LogP contribution in [0.1, 0.15) is 47.2 Å². The van der Waals surface area contributed by atoms with Gasteiger partial charge in [-0.1, -0.05) is 20.8 Å². The molecule has 0 saturated carbocycles. The maximum absolute atomic E-state index is 13.2. The van der Waals surface area contributed by atoms with E-state index in [1.807, 2.05) is 20.8 Å². The van der Waals surface area contributed by atoms with E-state index in [2.05, 4.69) is 0 Å². The van der Waals surface area contributed by atoms with Gasteiger partial charge in [-0.15, -0.1) is 0 Å². The third kappa shape index (κ3) is 4.75. The third-order valence-electron chi connectivity index (χ3n) is 5.26. The number of hydrogen-bond donors (Lipinski definition) is 1. The first kappa shape index (κ1) is 24.1. The Morgan fingerprint density at radius 1 is 0.969 bits per heavy atom. The highest BCUT2D eigenvalue weighted by Crippen LogP contribution is 2.31. The molecule has 10 heteroatoms. The molecule has 1 aromatic heterocycles. The molecule has 1 amide bonds. The van der Waals surface area contributed by atoms with Gasteiger partial charge in [0.1, 0.15) is 5.60 Å². The second-order valence-corrected chi connectivity index (χ2v) is 11.9. The zero-order valence-electron chi connectivity index (χ0n) is 19.4. The molecule has 0 atom stereocenters. The van der Waals surface area contributed by atoms with Crippen molar-refractivity contribution in [1.29, 1.82) is 0 Å². The molecule has 176 valence electrons. The number of aromatic nitrogens is 1. The number of hydrogen-bond acceptors (Lipinski definition) is 5. The summed E-state index contributed by atoms with van der Waals surface area (Å²) in [5.41, 5.74) is -0.0285. The minimum atomic E-state index is -3.80. The molecule has 1 saturated heterocycles. The molecule has 3 rings (SSSR count). The van der Waals surface area contributed by atoms with Gasteiger partial charge < -0.3 is 14.7 Å². The topological polar surface area (TPSA) is 109 Å². The van der Waals surface area contributed by atoms with Crippen molar-refractivity contribution in [1.82, 2.24) is 13.8 Å². The molecule has 0 spiro atoms. The Labute approximate surface area is 188 Å². The van der Waals surface area contributed by atoms with Crippen molar-refractivity contribution in [3.8, 4) is 0 Å². The molecular formula is C22H31N3O6S. The van der Waals surface area contributed by atoms with Crippen molar-refractivity contribution in [2.24, 2.45) is 0 Å². The molecule has 1 N–H and O–H groups in total. The first-order valence-corrected chi connectivity index (χ1v) is 11.9. The molecule has 9 nitrogen and oxygen atoms in total. The molecule has 0 aliphatic carbocycles. The maximum Gasteiger partial charge on any atom is 0.416 e. The molecule has 32 heavy (non-hydrogen) atoms. The Morgan fingerprint density at radius 2 is 1.56 bits per heavy atom. The lowest BCUT2D eigenvalue weighted by Crippen LogP contribution is -2.51. The zero-order chi connectivity index (χ0) is 24.1. The van der Waals surface area contributed by atoms with Crippen LogP contribution in [0.4, 0.5) is 9.59 Å². The van der Waals surface area contributed by atoms with E-state index in [0.717, 1.165) is 0 Å². The van der Waals surface area contributed by atoms with Crippen LogP contribution in [-0.4, -0.2) is 71.3 Å². The second kappa shape index (κ2) is 8.08. The maximum atomic E-state index is 13.2. The van der Waals surface area contributed by atoms with E-state index >= 15 is 0 Å². The van der Waals surface area contributed by atoms with Crippen molar-refractivity contribution < 1.29 is 27.9 Å². The van der Waals surface area contributed by atoms with Crippen LogP contribution in [0.2, 0.25) is 0 Å². The van der Waals surface area contributed by atoms with Gasteiger partial charge in [0.25, 0.3) is 0 Å². The molecular weight excluding hydrogens is 434 g/mol. The van der Waals surface area contributed by atoms with E-state index in [4.69, 9.17) is 4.74 Å². The Balaban J connectivity index is 1.86. The van der Waals surface area contributed by atoms with Crippen LogP contribution >= 0.6 is 0 Å². The first-order chi connectivity index (χ1) is 14.6. The third-order valence-corrected chi connectivity index (χ3v) is 7.16. The lowest BCUT2D eigenvalue weighted by Gasteiger charge is -2.35. The minimum Gasteiger partial charge on any atom is -0.464 e. The van der Waals surface area contributed by atoms with E-state index in [9.17, 15) is 23.1 Å². The van der Waals surface area contributed by atoms with Gasteiger partial charge in [-0.3, -0.25) is 0 Å². The SMILES string of the molecule is CC(C)(C)OC(=O)N1CCN(S(=O)(=O)c2ccc3c(c2)cc(C(C)(C)C)n3C(=O)O)CC1. The van der Waals surface area contributed by atoms with Crippen molar-refractivity contribution in [2.45, 2.75) is 57.5 Å². The molecule has 1 aliphatic heterocycles. The van der Waals surface area contributed by atoms with E-state index in [0.29, 0.717) is 16.6 Å². The Kier molecular flexibility index (Phi) is 6.07. The Bertz CT molecular complexity index is 1150. The number of nitrogens with zero attached hydrogens (tertiary/aromatic N) is 3. The van der Waals surface area contributed by atoms with Gasteiger partial charge in [0.05, 0.1) is 10.4 Å². The summed E-state index contributed by atoms with van der Waals surface area (Å²) in [6.07, 6.45) is -1.57. The number of amides is 1. The van der Waals surface area contributed by atoms with Crippen LogP contribution in [0.3, 0.4) is 0 Å². The Hall–Kier alpha value is -2.59. The summed E-state index contributed by atoms with van der Waals surface area (Å²) in [4.78, 5) is 25.7. The number of carbonyl (C=O) groups excluding carboxylic acids is 1.